The fourth-order valence-electron chi connectivity index (χ4n) is 3.25. The molecule has 0 saturated carbocycles. The van der Waals surface area contributed by atoms with Crippen LogP contribution in [0.3, 0.4) is 0 Å². The number of piperazine rings is 1. The maximum absolute atomic E-state index is 14.6. The summed E-state index contributed by atoms with van der Waals surface area (Å²) in [5, 5.41) is 13.9. The molecule has 8 heteroatoms. The largest absolute Gasteiger partial charge is 0.367 e. The number of nitro groups is 1. The summed E-state index contributed by atoms with van der Waals surface area (Å²) in [6, 6.07) is 6.88. The van der Waals surface area contributed by atoms with Crippen molar-refractivity contribution in [2.45, 2.75) is 20.4 Å². The van der Waals surface area contributed by atoms with Crippen LogP contribution in [0.1, 0.15) is 18.1 Å². The highest BCUT2D eigenvalue weighted by Crippen LogP contribution is 2.23. The molecule has 27 heavy (non-hydrogen) atoms. The minimum atomic E-state index is -0.458. The molecule has 0 unspecified atom stereocenters. The van der Waals surface area contributed by atoms with E-state index in [0.717, 1.165) is 38.3 Å². The lowest BCUT2D eigenvalue weighted by molar-refractivity contribution is -0.385. The van der Waals surface area contributed by atoms with Crippen molar-refractivity contribution < 1.29 is 9.31 Å². The zero-order valence-electron chi connectivity index (χ0n) is 15.6. The van der Waals surface area contributed by atoms with Gasteiger partial charge in [-0.15, -0.1) is 0 Å². The SMILES string of the molecule is CCN1CCN(c2ccc(CNc3cc(C)c([N+](=O)[O-])cn3)cc2F)CC1. The minimum absolute atomic E-state index is 0.0147. The number of benzene rings is 1. The van der Waals surface area contributed by atoms with Crippen LogP contribution in [-0.2, 0) is 6.54 Å². The first-order valence-corrected chi connectivity index (χ1v) is 9.08. The van der Waals surface area contributed by atoms with Gasteiger partial charge in [-0.2, -0.15) is 0 Å². The van der Waals surface area contributed by atoms with Crippen LogP contribution in [-0.4, -0.2) is 47.5 Å². The first kappa shape index (κ1) is 19.0. The summed E-state index contributed by atoms with van der Waals surface area (Å²) in [4.78, 5) is 18.9. The molecule has 2 heterocycles. The van der Waals surface area contributed by atoms with E-state index >= 15 is 0 Å². The van der Waals surface area contributed by atoms with Crippen molar-refractivity contribution in [3.63, 3.8) is 0 Å². The second kappa shape index (κ2) is 8.30. The smallest absolute Gasteiger partial charge is 0.290 e. The number of aryl methyl sites for hydroxylation is 1. The van der Waals surface area contributed by atoms with E-state index in [4.69, 9.17) is 0 Å². The summed E-state index contributed by atoms with van der Waals surface area (Å²) >= 11 is 0. The first-order valence-electron chi connectivity index (χ1n) is 9.08. The molecule has 0 aliphatic carbocycles. The molecule has 1 fully saturated rings. The molecule has 0 spiro atoms. The molecule has 7 nitrogen and oxygen atoms in total. The van der Waals surface area contributed by atoms with Gasteiger partial charge in [-0.25, -0.2) is 9.37 Å². The third kappa shape index (κ3) is 4.51. The van der Waals surface area contributed by atoms with Gasteiger partial charge in [-0.3, -0.25) is 10.1 Å². The number of nitrogens with one attached hydrogen (secondary N) is 1. The number of nitrogens with zero attached hydrogens (tertiary/aromatic N) is 4. The summed E-state index contributed by atoms with van der Waals surface area (Å²) < 4.78 is 14.6. The Morgan fingerprint density at radius 1 is 1.26 bits per heavy atom. The summed E-state index contributed by atoms with van der Waals surface area (Å²) in [7, 11) is 0. The van der Waals surface area contributed by atoms with Gasteiger partial charge in [0.1, 0.15) is 17.8 Å². The Bertz CT molecular complexity index is 822. The van der Waals surface area contributed by atoms with Crippen LogP contribution in [0.4, 0.5) is 21.6 Å². The molecule has 0 radical (unpaired) electrons. The van der Waals surface area contributed by atoms with Crippen molar-refractivity contribution in [1.82, 2.24) is 9.88 Å². The lowest BCUT2D eigenvalue weighted by atomic mass is 10.1. The molecule has 0 bridgehead atoms. The quantitative estimate of drug-likeness (QED) is 0.619. The van der Waals surface area contributed by atoms with E-state index in [-0.39, 0.29) is 11.5 Å². The normalized spacial score (nSPS) is 15.0. The number of likely N-dealkylation sites (N-methyl/N-ethyl adjacent to an activating group) is 1. The molecule has 1 aromatic carbocycles. The van der Waals surface area contributed by atoms with Crippen molar-refractivity contribution in [2.75, 3.05) is 42.9 Å². The molecule has 2 aromatic rings. The van der Waals surface area contributed by atoms with E-state index in [2.05, 4.69) is 27.0 Å². The topological polar surface area (TPSA) is 74.5 Å². The molecule has 1 saturated heterocycles. The monoisotopic (exact) mass is 373 g/mol. The van der Waals surface area contributed by atoms with Crippen molar-refractivity contribution in [2.24, 2.45) is 0 Å². The number of rotatable bonds is 6. The number of aromatic nitrogens is 1. The Labute approximate surface area is 158 Å². The highest BCUT2D eigenvalue weighted by molar-refractivity contribution is 5.51. The second-order valence-corrected chi connectivity index (χ2v) is 6.67. The zero-order chi connectivity index (χ0) is 19.4. The van der Waals surface area contributed by atoms with Gasteiger partial charge in [-0.1, -0.05) is 13.0 Å². The summed E-state index contributed by atoms with van der Waals surface area (Å²) in [6.07, 6.45) is 1.23. The van der Waals surface area contributed by atoms with E-state index < -0.39 is 4.92 Å². The molecule has 1 aromatic heterocycles. The molecule has 0 amide bonds. The highest BCUT2D eigenvalue weighted by atomic mass is 19.1. The van der Waals surface area contributed by atoms with E-state index in [1.54, 1.807) is 13.0 Å². The standard InChI is InChI=1S/C19H24FN5O2/c1-3-23-6-8-24(9-7-23)17-5-4-15(11-16(17)20)12-21-19-10-14(2)18(13-22-19)25(26)27/h4-5,10-11,13H,3,6-9,12H2,1-2H3,(H,21,22). The predicted octanol–water partition coefficient (Wildman–Crippen LogP) is 3.19. The average molecular weight is 373 g/mol. The van der Waals surface area contributed by atoms with E-state index in [9.17, 15) is 14.5 Å². The second-order valence-electron chi connectivity index (χ2n) is 6.67. The number of hydrogen-bond acceptors (Lipinski definition) is 6. The van der Waals surface area contributed by atoms with E-state index in [1.165, 1.54) is 12.3 Å². The van der Waals surface area contributed by atoms with E-state index in [0.29, 0.717) is 23.6 Å². The van der Waals surface area contributed by atoms with Crippen LogP contribution < -0.4 is 10.2 Å². The number of halogens is 1. The Balaban J connectivity index is 1.63. The molecule has 0 atom stereocenters. The first-order chi connectivity index (χ1) is 13.0. The van der Waals surface area contributed by atoms with Crippen LogP contribution in [0.25, 0.3) is 0 Å². The van der Waals surface area contributed by atoms with Crippen molar-refractivity contribution >= 4 is 17.2 Å². The Kier molecular flexibility index (Phi) is 5.85. The van der Waals surface area contributed by atoms with Gasteiger partial charge in [0.05, 0.1) is 10.6 Å². The van der Waals surface area contributed by atoms with Crippen molar-refractivity contribution in [3.8, 4) is 0 Å². The lowest BCUT2D eigenvalue weighted by Crippen LogP contribution is -2.46. The average Bonchev–Trinajstić information content (AvgIpc) is 2.66. The molecular formula is C19H24FN5O2. The number of anilines is 2. The molecule has 3 rings (SSSR count). The van der Waals surface area contributed by atoms with Gasteiger partial charge in [0.15, 0.2) is 0 Å². The minimum Gasteiger partial charge on any atom is -0.367 e. The number of pyridine rings is 1. The molecule has 1 N–H and O–H groups in total. The van der Waals surface area contributed by atoms with Gasteiger partial charge in [-0.05, 0) is 37.2 Å². The third-order valence-corrected chi connectivity index (χ3v) is 4.93. The van der Waals surface area contributed by atoms with Crippen LogP contribution in [0.5, 0.6) is 0 Å². The van der Waals surface area contributed by atoms with Crippen molar-refractivity contribution in [1.29, 1.82) is 0 Å². The van der Waals surface area contributed by atoms with Crippen LogP contribution in [0.15, 0.2) is 30.5 Å². The van der Waals surface area contributed by atoms with Crippen molar-refractivity contribution in [3.05, 3.63) is 57.5 Å². The maximum Gasteiger partial charge on any atom is 0.290 e. The fourth-order valence-corrected chi connectivity index (χ4v) is 3.25. The Hall–Kier alpha value is -2.74. The predicted molar refractivity (Wildman–Crippen MR) is 104 cm³/mol. The maximum atomic E-state index is 14.6. The Morgan fingerprint density at radius 2 is 2.00 bits per heavy atom. The molecular weight excluding hydrogens is 349 g/mol. The van der Waals surface area contributed by atoms with Crippen LogP contribution in [0.2, 0.25) is 0 Å². The molecule has 1 aliphatic rings. The van der Waals surface area contributed by atoms with Crippen LogP contribution in [0, 0.1) is 22.9 Å². The highest BCUT2D eigenvalue weighted by Gasteiger charge is 2.18. The molecule has 1 aliphatic heterocycles. The van der Waals surface area contributed by atoms with Gasteiger partial charge in [0, 0.05) is 38.3 Å². The van der Waals surface area contributed by atoms with Gasteiger partial charge >= 0.3 is 0 Å². The molecule has 144 valence electrons. The van der Waals surface area contributed by atoms with Gasteiger partial charge in [0.25, 0.3) is 5.69 Å². The summed E-state index contributed by atoms with van der Waals surface area (Å²) in [5.74, 6) is 0.297. The van der Waals surface area contributed by atoms with Gasteiger partial charge < -0.3 is 15.1 Å². The Morgan fingerprint density at radius 3 is 2.59 bits per heavy atom. The lowest BCUT2D eigenvalue weighted by Gasteiger charge is -2.35. The summed E-state index contributed by atoms with van der Waals surface area (Å²) in [5.41, 5.74) is 1.95. The number of hydrogen-bond donors (Lipinski definition) is 1. The fraction of sp³-hybridized carbons (Fsp3) is 0.421. The van der Waals surface area contributed by atoms with Gasteiger partial charge in [0.2, 0.25) is 0 Å². The summed E-state index contributed by atoms with van der Waals surface area (Å²) in [6.45, 7) is 8.77. The van der Waals surface area contributed by atoms with E-state index in [1.807, 2.05) is 12.1 Å². The van der Waals surface area contributed by atoms with Crippen LogP contribution >= 0.6 is 0 Å². The third-order valence-electron chi connectivity index (χ3n) is 4.93. The zero-order valence-corrected chi connectivity index (χ0v) is 15.6.